The molecule has 33 heavy (non-hydrogen) atoms. The van der Waals surface area contributed by atoms with Crippen LogP contribution in [0.4, 0.5) is 0 Å². The number of aliphatic hydroxyl groups is 1. The Hall–Kier alpha value is -2.54. The van der Waals surface area contributed by atoms with E-state index in [1.54, 1.807) is 0 Å². The molecule has 0 radical (unpaired) electrons. The highest BCUT2D eigenvalue weighted by Gasteiger charge is 2.44. The maximum Gasteiger partial charge on any atom is 0.187 e. The number of hydrogen-bond donors (Lipinski definition) is 1. The van der Waals surface area contributed by atoms with E-state index < -0.39 is 18.5 Å². The fourth-order valence-corrected chi connectivity index (χ4v) is 3.94. The van der Waals surface area contributed by atoms with E-state index in [9.17, 15) is 5.11 Å². The molecule has 3 aromatic rings. The third-order valence-corrected chi connectivity index (χ3v) is 5.97. The quantitative estimate of drug-likeness (QED) is 0.486. The topological polar surface area (TPSA) is 57.2 Å². The molecule has 5 heteroatoms. The van der Waals surface area contributed by atoms with Crippen molar-refractivity contribution < 1.29 is 24.1 Å². The number of benzene rings is 3. The summed E-state index contributed by atoms with van der Waals surface area (Å²) in [5, 5.41) is 11.1. The third-order valence-electron chi connectivity index (χ3n) is 5.97. The van der Waals surface area contributed by atoms with E-state index in [-0.39, 0.29) is 12.0 Å². The zero-order chi connectivity index (χ0) is 22.9. The van der Waals surface area contributed by atoms with Crippen molar-refractivity contribution in [2.24, 2.45) is 5.92 Å². The standard InChI is InChI=1S/C28H32O5/c1-21-25(20-30-17-22-11-5-2-6-12-22)33-28(32-19-24-15-9-4-10-16-24)27(26(21)29)31-18-23-13-7-3-8-14-23/h2-16,21,25-29H,17-20H2,1H3/t21-,25?,26-,27?,28+/m0/s1. The van der Waals surface area contributed by atoms with Gasteiger partial charge in [0.2, 0.25) is 0 Å². The van der Waals surface area contributed by atoms with Crippen LogP contribution >= 0.6 is 0 Å². The molecule has 0 amide bonds. The van der Waals surface area contributed by atoms with Gasteiger partial charge in [-0.15, -0.1) is 0 Å². The van der Waals surface area contributed by atoms with Crippen molar-refractivity contribution in [2.45, 2.75) is 51.3 Å². The van der Waals surface area contributed by atoms with Gasteiger partial charge in [0.15, 0.2) is 6.29 Å². The molecule has 1 heterocycles. The molecule has 3 aromatic carbocycles. The zero-order valence-corrected chi connectivity index (χ0v) is 19.0. The van der Waals surface area contributed by atoms with Crippen LogP contribution in [0.5, 0.6) is 0 Å². The fourth-order valence-electron chi connectivity index (χ4n) is 3.94. The molecule has 1 saturated heterocycles. The molecule has 0 bridgehead atoms. The molecule has 0 aromatic heterocycles. The summed E-state index contributed by atoms with van der Waals surface area (Å²) in [5.74, 6) is -0.168. The largest absolute Gasteiger partial charge is 0.390 e. The molecule has 2 unspecified atom stereocenters. The van der Waals surface area contributed by atoms with E-state index in [1.807, 2.05) is 97.9 Å². The lowest BCUT2D eigenvalue weighted by Crippen LogP contribution is -2.56. The van der Waals surface area contributed by atoms with Crippen molar-refractivity contribution in [3.8, 4) is 0 Å². The maximum atomic E-state index is 11.1. The molecule has 174 valence electrons. The van der Waals surface area contributed by atoms with Crippen LogP contribution in [-0.2, 0) is 38.8 Å². The monoisotopic (exact) mass is 448 g/mol. The average molecular weight is 449 g/mol. The van der Waals surface area contributed by atoms with E-state index in [0.29, 0.717) is 26.4 Å². The highest BCUT2D eigenvalue weighted by Crippen LogP contribution is 2.30. The summed E-state index contributed by atoms with van der Waals surface area (Å²) < 4.78 is 24.5. The number of aliphatic hydroxyl groups excluding tert-OH is 1. The third kappa shape index (κ3) is 6.73. The van der Waals surface area contributed by atoms with Gasteiger partial charge >= 0.3 is 0 Å². The van der Waals surface area contributed by atoms with Crippen LogP contribution in [0.15, 0.2) is 91.0 Å². The Morgan fingerprint density at radius 1 is 0.697 bits per heavy atom. The van der Waals surface area contributed by atoms with Crippen molar-refractivity contribution in [1.29, 1.82) is 0 Å². The van der Waals surface area contributed by atoms with Crippen molar-refractivity contribution in [2.75, 3.05) is 6.61 Å². The highest BCUT2D eigenvalue weighted by atomic mass is 16.7. The molecular weight excluding hydrogens is 416 g/mol. The fraction of sp³-hybridized carbons (Fsp3) is 0.357. The van der Waals surface area contributed by atoms with Crippen LogP contribution < -0.4 is 0 Å². The van der Waals surface area contributed by atoms with Gasteiger partial charge in [-0.2, -0.15) is 0 Å². The summed E-state index contributed by atoms with van der Waals surface area (Å²) in [7, 11) is 0. The van der Waals surface area contributed by atoms with Crippen molar-refractivity contribution >= 4 is 0 Å². The van der Waals surface area contributed by atoms with Gasteiger partial charge in [0.05, 0.1) is 38.6 Å². The van der Waals surface area contributed by atoms with Gasteiger partial charge in [0.25, 0.3) is 0 Å². The SMILES string of the molecule is C[C@H]1C(COCc2ccccc2)O[C@@H](OCc2ccccc2)C(OCc2ccccc2)[C@H]1O. The van der Waals surface area contributed by atoms with Gasteiger partial charge < -0.3 is 24.1 Å². The Labute approximate surface area is 195 Å². The molecule has 1 aliphatic heterocycles. The molecule has 4 rings (SSSR count). The van der Waals surface area contributed by atoms with Gasteiger partial charge in [-0.3, -0.25) is 0 Å². The minimum atomic E-state index is -0.742. The van der Waals surface area contributed by atoms with Crippen LogP contribution in [0.2, 0.25) is 0 Å². The van der Waals surface area contributed by atoms with E-state index in [2.05, 4.69) is 0 Å². The van der Waals surface area contributed by atoms with Crippen molar-refractivity contribution in [3.63, 3.8) is 0 Å². The molecule has 0 spiro atoms. The second-order valence-electron chi connectivity index (χ2n) is 8.45. The Morgan fingerprint density at radius 2 is 1.18 bits per heavy atom. The molecule has 1 N–H and O–H groups in total. The highest BCUT2D eigenvalue weighted by molar-refractivity contribution is 5.15. The second-order valence-corrected chi connectivity index (χ2v) is 8.45. The van der Waals surface area contributed by atoms with Crippen molar-refractivity contribution in [1.82, 2.24) is 0 Å². The first kappa shape index (κ1) is 23.6. The summed E-state index contributed by atoms with van der Waals surface area (Å²) in [6.07, 6.45) is -2.35. The summed E-state index contributed by atoms with van der Waals surface area (Å²) in [5.41, 5.74) is 3.17. The summed E-state index contributed by atoms with van der Waals surface area (Å²) in [6, 6.07) is 29.8. The maximum absolute atomic E-state index is 11.1. The van der Waals surface area contributed by atoms with Gasteiger partial charge in [-0.25, -0.2) is 0 Å². The second kappa shape index (κ2) is 12.1. The zero-order valence-electron chi connectivity index (χ0n) is 19.0. The summed E-state index contributed by atoms with van der Waals surface area (Å²) in [6.45, 7) is 3.57. The lowest BCUT2D eigenvalue weighted by Gasteiger charge is -2.43. The van der Waals surface area contributed by atoms with Crippen LogP contribution in [0, 0.1) is 5.92 Å². The van der Waals surface area contributed by atoms with E-state index in [0.717, 1.165) is 16.7 Å². The van der Waals surface area contributed by atoms with E-state index >= 15 is 0 Å². The minimum Gasteiger partial charge on any atom is -0.390 e. The Balaban J connectivity index is 1.40. The minimum absolute atomic E-state index is 0.168. The number of ether oxygens (including phenoxy) is 4. The summed E-state index contributed by atoms with van der Waals surface area (Å²) in [4.78, 5) is 0. The molecule has 1 fully saturated rings. The van der Waals surface area contributed by atoms with Gasteiger partial charge in [-0.05, 0) is 16.7 Å². The van der Waals surface area contributed by atoms with E-state index in [1.165, 1.54) is 0 Å². The van der Waals surface area contributed by atoms with E-state index in [4.69, 9.17) is 18.9 Å². The van der Waals surface area contributed by atoms with Gasteiger partial charge in [0, 0.05) is 5.92 Å². The van der Waals surface area contributed by atoms with Gasteiger partial charge in [-0.1, -0.05) is 97.9 Å². The molecule has 5 nitrogen and oxygen atoms in total. The first-order valence-corrected chi connectivity index (χ1v) is 11.5. The normalized spacial score (nSPS) is 25.1. The van der Waals surface area contributed by atoms with Crippen LogP contribution in [0.25, 0.3) is 0 Å². The van der Waals surface area contributed by atoms with Crippen molar-refractivity contribution in [3.05, 3.63) is 108 Å². The molecule has 0 aliphatic carbocycles. The predicted molar refractivity (Wildman–Crippen MR) is 126 cm³/mol. The average Bonchev–Trinajstić information content (AvgIpc) is 2.87. The smallest absolute Gasteiger partial charge is 0.187 e. The first-order valence-electron chi connectivity index (χ1n) is 11.5. The predicted octanol–water partition coefficient (Wildman–Crippen LogP) is 4.73. The molecule has 5 atom stereocenters. The van der Waals surface area contributed by atoms with Gasteiger partial charge in [0.1, 0.15) is 6.10 Å². The Bertz CT molecular complexity index is 932. The van der Waals surface area contributed by atoms with Crippen LogP contribution in [-0.4, -0.2) is 36.3 Å². The lowest BCUT2D eigenvalue weighted by molar-refractivity contribution is -0.305. The molecule has 0 saturated carbocycles. The first-order chi connectivity index (χ1) is 16.2. The Kier molecular flexibility index (Phi) is 8.64. The number of hydrogen-bond acceptors (Lipinski definition) is 5. The van der Waals surface area contributed by atoms with Crippen LogP contribution in [0.1, 0.15) is 23.6 Å². The lowest BCUT2D eigenvalue weighted by atomic mass is 9.91. The molecule has 1 aliphatic rings. The van der Waals surface area contributed by atoms with Crippen LogP contribution in [0.3, 0.4) is 0 Å². The number of rotatable bonds is 10. The molecular formula is C28H32O5. The summed E-state index contributed by atoms with van der Waals surface area (Å²) >= 11 is 0. The Morgan fingerprint density at radius 3 is 1.73 bits per heavy atom.